The number of rotatable bonds is 7. The van der Waals surface area contributed by atoms with Crippen LogP contribution in [0.2, 0.25) is 0 Å². The molecule has 2 aromatic carbocycles. The highest BCUT2D eigenvalue weighted by atomic mass is 16.5. The first kappa shape index (κ1) is 18.5. The highest BCUT2D eigenvalue weighted by Crippen LogP contribution is 2.22. The molecule has 5 heteroatoms. The standard InChI is InChI=1S/C21H28N2O3/c1-17-6-8-20(9-7-17)26-16-19(24)15-22-10-12-23(13-11-22)18-4-3-5-21(14-18)25-2/h3-9,14,19,24H,10-13,15-16H2,1-2H3/t19-/m1/s1. The molecule has 140 valence electrons. The molecule has 0 unspecified atom stereocenters. The maximum atomic E-state index is 10.3. The van der Waals surface area contributed by atoms with E-state index in [1.54, 1.807) is 7.11 Å². The molecule has 0 saturated carbocycles. The maximum Gasteiger partial charge on any atom is 0.120 e. The number of aliphatic hydroxyl groups is 1. The lowest BCUT2D eigenvalue weighted by atomic mass is 10.2. The smallest absolute Gasteiger partial charge is 0.120 e. The lowest BCUT2D eigenvalue weighted by molar-refractivity contribution is 0.0663. The number of hydrogen-bond acceptors (Lipinski definition) is 5. The van der Waals surface area contributed by atoms with Gasteiger partial charge in [-0.3, -0.25) is 4.90 Å². The van der Waals surface area contributed by atoms with E-state index < -0.39 is 6.10 Å². The van der Waals surface area contributed by atoms with Gasteiger partial charge in [0.05, 0.1) is 7.11 Å². The molecule has 0 spiro atoms. The highest BCUT2D eigenvalue weighted by molar-refractivity contribution is 5.51. The normalized spacial score (nSPS) is 16.3. The van der Waals surface area contributed by atoms with Crippen LogP contribution in [-0.4, -0.2) is 62.6 Å². The van der Waals surface area contributed by atoms with Gasteiger partial charge in [0, 0.05) is 44.5 Å². The topological polar surface area (TPSA) is 45.2 Å². The van der Waals surface area contributed by atoms with Gasteiger partial charge >= 0.3 is 0 Å². The summed E-state index contributed by atoms with van der Waals surface area (Å²) in [5.74, 6) is 1.69. The van der Waals surface area contributed by atoms with Crippen LogP contribution >= 0.6 is 0 Å². The Morgan fingerprint density at radius 1 is 1.00 bits per heavy atom. The number of piperazine rings is 1. The van der Waals surface area contributed by atoms with E-state index in [0.717, 1.165) is 37.7 Å². The molecule has 0 amide bonds. The predicted octanol–water partition coefficient (Wildman–Crippen LogP) is 2.57. The van der Waals surface area contributed by atoms with Crippen molar-refractivity contribution in [3.8, 4) is 11.5 Å². The van der Waals surface area contributed by atoms with Crippen molar-refractivity contribution in [2.45, 2.75) is 13.0 Å². The van der Waals surface area contributed by atoms with Crippen LogP contribution in [0, 0.1) is 6.92 Å². The number of benzene rings is 2. The van der Waals surface area contributed by atoms with Crippen molar-refractivity contribution in [1.82, 2.24) is 4.90 Å². The van der Waals surface area contributed by atoms with Crippen LogP contribution in [0.25, 0.3) is 0 Å². The molecule has 26 heavy (non-hydrogen) atoms. The average Bonchev–Trinajstić information content (AvgIpc) is 2.68. The zero-order valence-electron chi connectivity index (χ0n) is 15.6. The molecule has 1 heterocycles. The van der Waals surface area contributed by atoms with E-state index in [1.807, 2.05) is 43.3 Å². The molecule has 1 aliphatic rings. The third kappa shape index (κ3) is 5.13. The zero-order chi connectivity index (χ0) is 18.4. The molecule has 1 N–H and O–H groups in total. The average molecular weight is 356 g/mol. The summed E-state index contributed by atoms with van der Waals surface area (Å²) in [7, 11) is 1.69. The molecule has 5 nitrogen and oxygen atoms in total. The Labute approximate surface area is 155 Å². The summed E-state index contributed by atoms with van der Waals surface area (Å²) in [5.41, 5.74) is 2.39. The van der Waals surface area contributed by atoms with Crippen LogP contribution in [-0.2, 0) is 0 Å². The van der Waals surface area contributed by atoms with E-state index in [4.69, 9.17) is 9.47 Å². The van der Waals surface area contributed by atoms with Crippen molar-refractivity contribution in [3.05, 3.63) is 54.1 Å². The SMILES string of the molecule is COc1cccc(N2CCN(C[C@@H](O)COc3ccc(C)cc3)CC2)c1. The first-order valence-electron chi connectivity index (χ1n) is 9.13. The third-order valence-corrected chi connectivity index (χ3v) is 4.72. The van der Waals surface area contributed by atoms with Gasteiger partial charge in [-0.15, -0.1) is 0 Å². The first-order chi connectivity index (χ1) is 12.6. The highest BCUT2D eigenvalue weighted by Gasteiger charge is 2.20. The fourth-order valence-corrected chi connectivity index (χ4v) is 3.17. The van der Waals surface area contributed by atoms with Crippen molar-refractivity contribution < 1.29 is 14.6 Å². The van der Waals surface area contributed by atoms with Crippen molar-refractivity contribution in [2.24, 2.45) is 0 Å². The maximum absolute atomic E-state index is 10.3. The van der Waals surface area contributed by atoms with Gasteiger partial charge in [0.15, 0.2) is 0 Å². The molecule has 3 rings (SSSR count). The second kappa shape index (κ2) is 8.92. The van der Waals surface area contributed by atoms with Gasteiger partial charge in [-0.05, 0) is 31.2 Å². The van der Waals surface area contributed by atoms with E-state index in [0.29, 0.717) is 13.2 Å². The minimum absolute atomic E-state index is 0.319. The monoisotopic (exact) mass is 356 g/mol. The molecule has 1 saturated heterocycles. The number of β-amino-alcohol motifs (C(OH)–C–C–N with tert-alkyl or cyclic N) is 1. The van der Waals surface area contributed by atoms with Gasteiger partial charge in [0.1, 0.15) is 24.2 Å². The number of methoxy groups -OCH3 is 1. The van der Waals surface area contributed by atoms with Crippen molar-refractivity contribution in [2.75, 3.05) is 51.3 Å². The molecule has 1 fully saturated rings. The second-order valence-electron chi connectivity index (χ2n) is 6.77. The van der Waals surface area contributed by atoms with E-state index in [1.165, 1.54) is 11.3 Å². The van der Waals surface area contributed by atoms with E-state index >= 15 is 0 Å². The molecular formula is C21H28N2O3. The molecular weight excluding hydrogens is 328 g/mol. The van der Waals surface area contributed by atoms with Crippen LogP contribution in [0.1, 0.15) is 5.56 Å². The largest absolute Gasteiger partial charge is 0.497 e. The van der Waals surface area contributed by atoms with Crippen LogP contribution in [0.5, 0.6) is 11.5 Å². The minimum Gasteiger partial charge on any atom is -0.497 e. The molecule has 2 aromatic rings. The zero-order valence-corrected chi connectivity index (χ0v) is 15.6. The molecule has 0 bridgehead atoms. The quantitative estimate of drug-likeness (QED) is 0.826. The van der Waals surface area contributed by atoms with Crippen molar-refractivity contribution in [1.29, 1.82) is 0 Å². The minimum atomic E-state index is -0.486. The summed E-state index contributed by atoms with van der Waals surface area (Å²) in [5, 5.41) is 10.3. The summed E-state index contributed by atoms with van der Waals surface area (Å²) < 4.78 is 11.0. The first-order valence-corrected chi connectivity index (χ1v) is 9.13. The number of hydrogen-bond donors (Lipinski definition) is 1. The van der Waals surface area contributed by atoms with Gasteiger partial charge in [-0.25, -0.2) is 0 Å². The summed E-state index contributed by atoms with van der Waals surface area (Å²) in [6.45, 7) is 6.75. The Morgan fingerprint density at radius 3 is 2.42 bits per heavy atom. The van der Waals surface area contributed by atoms with Crippen molar-refractivity contribution in [3.63, 3.8) is 0 Å². The number of ether oxygens (including phenoxy) is 2. The van der Waals surface area contributed by atoms with Crippen LogP contribution < -0.4 is 14.4 Å². The summed E-state index contributed by atoms with van der Waals surface area (Å²) in [6.07, 6.45) is -0.486. The van der Waals surface area contributed by atoms with Gasteiger partial charge in [0.2, 0.25) is 0 Å². The number of anilines is 1. The number of nitrogens with zero attached hydrogens (tertiary/aromatic N) is 2. The Balaban J connectivity index is 1.42. The van der Waals surface area contributed by atoms with Gasteiger partial charge in [-0.2, -0.15) is 0 Å². The fraction of sp³-hybridized carbons (Fsp3) is 0.429. The van der Waals surface area contributed by atoms with E-state index in [2.05, 4.69) is 21.9 Å². The Hall–Kier alpha value is -2.24. The molecule has 0 radical (unpaired) electrons. The van der Waals surface area contributed by atoms with Gasteiger partial charge in [0.25, 0.3) is 0 Å². The number of aryl methyl sites for hydroxylation is 1. The lowest BCUT2D eigenvalue weighted by Gasteiger charge is -2.37. The Morgan fingerprint density at radius 2 is 1.73 bits per heavy atom. The fourth-order valence-electron chi connectivity index (χ4n) is 3.17. The van der Waals surface area contributed by atoms with Crippen LogP contribution in [0.3, 0.4) is 0 Å². The number of aliphatic hydroxyl groups excluding tert-OH is 1. The summed E-state index contributed by atoms with van der Waals surface area (Å²) >= 11 is 0. The second-order valence-corrected chi connectivity index (χ2v) is 6.77. The lowest BCUT2D eigenvalue weighted by Crippen LogP contribution is -2.49. The predicted molar refractivity (Wildman–Crippen MR) is 104 cm³/mol. The molecule has 0 aromatic heterocycles. The summed E-state index contributed by atoms with van der Waals surface area (Å²) in [6, 6.07) is 16.1. The molecule has 1 aliphatic heterocycles. The van der Waals surface area contributed by atoms with Gasteiger partial charge in [-0.1, -0.05) is 23.8 Å². The van der Waals surface area contributed by atoms with Crippen LogP contribution in [0.4, 0.5) is 5.69 Å². The van der Waals surface area contributed by atoms with Crippen molar-refractivity contribution >= 4 is 5.69 Å². The van der Waals surface area contributed by atoms with E-state index in [-0.39, 0.29) is 0 Å². The Kier molecular flexibility index (Phi) is 6.36. The third-order valence-electron chi connectivity index (χ3n) is 4.72. The molecule has 1 atom stereocenters. The Bertz CT molecular complexity index is 682. The summed E-state index contributed by atoms with van der Waals surface area (Å²) in [4.78, 5) is 4.65. The van der Waals surface area contributed by atoms with Gasteiger partial charge < -0.3 is 19.5 Å². The van der Waals surface area contributed by atoms with E-state index in [9.17, 15) is 5.11 Å². The van der Waals surface area contributed by atoms with Crippen LogP contribution in [0.15, 0.2) is 48.5 Å². The molecule has 0 aliphatic carbocycles.